The van der Waals surface area contributed by atoms with Gasteiger partial charge in [-0.3, -0.25) is 0 Å². The van der Waals surface area contributed by atoms with E-state index in [1.165, 1.54) is 6.07 Å². The summed E-state index contributed by atoms with van der Waals surface area (Å²) < 4.78 is 19.3. The molecule has 0 atom stereocenters. The van der Waals surface area contributed by atoms with Crippen molar-refractivity contribution in [3.63, 3.8) is 0 Å². The molecule has 1 aromatic heterocycles. The number of rotatable bonds is 6. The van der Waals surface area contributed by atoms with E-state index in [0.29, 0.717) is 29.2 Å². The lowest BCUT2D eigenvalue weighted by Crippen LogP contribution is -2.48. The molecule has 4 nitrogen and oxygen atoms in total. The summed E-state index contributed by atoms with van der Waals surface area (Å²) in [5, 5.41) is 21.5. The summed E-state index contributed by atoms with van der Waals surface area (Å²) in [5.74, 6) is 0.983. The molecule has 0 unspecified atom stereocenters. The highest BCUT2D eigenvalue weighted by Gasteiger charge is 2.21. The van der Waals surface area contributed by atoms with Crippen molar-refractivity contribution < 1.29 is 19.0 Å². The van der Waals surface area contributed by atoms with Crippen molar-refractivity contribution in [1.82, 2.24) is 5.32 Å². The van der Waals surface area contributed by atoms with Crippen molar-refractivity contribution in [3.05, 3.63) is 47.5 Å². The molecule has 1 heterocycles. The third kappa shape index (κ3) is 3.50. The number of hydrogen-bond acceptors (Lipinski definition) is 4. The van der Waals surface area contributed by atoms with Gasteiger partial charge in [-0.1, -0.05) is 12.1 Å². The van der Waals surface area contributed by atoms with Crippen LogP contribution in [0.2, 0.25) is 0 Å². The second kappa shape index (κ2) is 6.39. The number of hydrogen-bond donors (Lipinski definition) is 3. The SMILES string of the molecule is Cc1c(F)cccc1-c1ccc(CNC(C)(CO)CO)o1. The average Bonchev–Trinajstić information content (AvgIpc) is 2.96. The molecule has 21 heavy (non-hydrogen) atoms. The first-order valence-electron chi connectivity index (χ1n) is 6.80. The molecule has 0 aliphatic heterocycles. The average molecular weight is 293 g/mol. The Morgan fingerprint density at radius 3 is 2.57 bits per heavy atom. The van der Waals surface area contributed by atoms with Crippen LogP contribution >= 0.6 is 0 Å². The van der Waals surface area contributed by atoms with E-state index in [2.05, 4.69) is 5.32 Å². The minimum absolute atomic E-state index is 0.180. The molecule has 2 aromatic rings. The van der Waals surface area contributed by atoms with Crippen molar-refractivity contribution in [1.29, 1.82) is 0 Å². The zero-order chi connectivity index (χ0) is 15.5. The summed E-state index contributed by atoms with van der Waals surface area (Å²) in [6.07, 6.45) is 0. The molecule has 0 aliphatic rings. The molecule has 0 aliphatic carbocycles. The third-order valence-corrected chi connectivity index (χ3v) is 3.58. The van der Waals surface area contributed by atoms with Crippen LogP contribution in [-0.2, 0) is 6.54 Å². The first kappa shape index (κ1) is 15.7. The molecule has 0 spiro atoms. The Balaban J connectivity index is 2.13. The molecule has 0 fully saturated rings. The zero-order valence-corrected chi connectivity index (χ0v) is 12.2. The largest absolute Gasteiger partial charge is 0.460 e. The Labute approximate surface area is 123 Å². The van der Waals surface area contributed by atoms with E-state index >= 15 is 0 Å². The first-order chi connectivity index (χ1) is 9.99. The van der Waals surface area contributed by atoms with Gasteiger partial charge in [0, 0.05) is 5.56 Å². The Kier molecular flexibility index (Phi) is 4.77. The van der Waals surface area contributed by atoms with E-state index in [4.69, 9.17) is 4.42 Å². The van der Waals surface area contributed by atoms with Crippen molar-refractivity contribution in [2.45, 2.75) is 25.9 Å². The summed E-state index contributed by atoms with van der Waals surface area (Å²) in [4.78, 5) is 0. The van der Waals surface area contributed by atoms with Crippen LogP contribution in [0.4, 0.5) is 4.39 Å². The fraction of sp³-hybridized carbons (Fsp3) is 0.375. The van der Waals surface area contributed by atoms with Crippen LogP contribution in [0, 0.1) is 12.7 Å². The van der Waals surface area contributed by atoms with Gasteiger partial charge in [-0.2, -0.15) is 0 Å². The number of nitrogens with one attached hydrogen (secondary N) is 1. The topological polar surface area (TPSA) is 65.6 Å². The van der Waals surface area contributed by atoms with Crippen molar-refractivity contribution in [2.24, 2.45) is 0 Å². The lowest BCUT2D eigenvalue weighted by Gasteiger charge is -2.25. The van der Waals surface area contributed by atoms with Crippen LogP contribution < -0.4 is 5.32 Å². The smallest absolute Gasteiger partial charge is 0.134 e. The van der Waals surface area contributed by atoms with Gasteiger partial charge >= 0.3 is 0 Å². The monoisotopic (exact) mass is 293 g/mol. The lowest BCUT2D eigenvalue weighted by atomic mass is 10.1. The summed E-state index contributed by atoms with van der Waals surface area (Å²) in [6, 6.07) is 8.45. The van der Waals surface area contributed by atoms with Crippen LogP contribution in [0.1, 0.15) is 18.2 Å². The van der Waals surface area contributed by atoms with E-state index in [1.54, 1.807) is 38.1 Å². The van der Waals surface area contributed by atoms with Gasteiger partial charge in [-0.15, -0.1) is 0 Å². The number of furan rings is 1. The maximum atomic E-state index is 13.6. The van der Waals surface area contributed by atoms with Crippen molar-refractivity contribution in [2.75, 3.05) is 13.2 Å². The van der Waals surface area contributed by atoms with Gasteiger partial charge in [0.25, 0.3) is 0 Å². The maximum absolute atomic E-state index is 13.6. The highest BCUT2D eigenvalue weighted by atomic mass is 19.1. The molecular weight excluding hydrogens is 273 g/mol. The number of aliphatic hydroxyl groups excluding tert-OH is 2. The molecule has 0 bridgehead atoms. The van der Waals surface area contributed by atoms with Crippen LogP contribution in [0.15, 0.2) is 34.7 Å². The first-order valence-corrected chi connectivity index (χ1v) is 6.80. The predicted octanol–water partition coefficient (Wildman–Crippen LogP) is 2.23. The van der Waals surface area contributed by atoms with Gasteiger partial charge in [0.1, 0.15) is 17.3 Å². The van der Waals surface area contributed by atoms with E-state index < -0.39 is 5.54 Å². The van der Waals surface area contributed by atoms with Crippen LogP contribution in [-0.4, -0.2) is 29.0 Å². The highest BCUT2D eigenvalue weighted by Crippen LogP contribution is 2.27. The van der Waals surface area contributed by atoms with Crippen molar-refractivity contribution in [3.8, 4) is 11.3 Å². The molecule has 1 aromatic carbocycles. The Morgan fingerprint density at radius 1 is 1.19 bits per heavy atom. The summed E-state index contributed by atoms with van der Waals surface area (Å²) in [6.45, 7) is 3.43. The summed E-state index contributed by atoms with van der Waals surface area (Å²) in [7, 11) is 0. The molecule has 0 radical (unpaired) electrons. The zero-order valence-electron chi connectivity index (χ0n) is 12.2. The summed E-state index contributed by atoms with van der Waals surface area (Å²) >= 11 is 0. The minimum atomic E-state index is -0.762. The predicted molar refractivity (Wildman–Crippen MR) is 78.3 cm³/mol. The highest BCUT2D eigenvalue weighted by molar-refractivity contribution is 5.62. The van der Waals surface area contributed by atoms with E-state index in [-0.39, 0.29) is 19.0 Å². The van der Waals surface area contributed by atoms with Gasteiger partial charge in [-0.25, -0.2) is 4.39 Å². The van der Waals surface area contributed by atoms with E-state index in [9.17, 15) is 14.6 Å². The normalized spacial score (nSPS) is 11.9. The number of aliphatic hydroxyl groups is 2. The Bertz CT molecular complexity index is 605. The standard InChI is InChI=1S/C16H20FNO3/c1-11-13(4-3-5-14(11)17)15-7-6-12(21-15)8-18-16(2,9-19)10-20/h3-7,18-20H,8-10H2,1-2H3. The van der Waals surface area contributed by atoms with Crippen LogP contribution in [0.25, 0.3) is 11.3 Å². The number of benzene rings is 1. The van der Waals surface area contributed by atoms with Gasteiger partial charge in [0.05, 0.1) is 25.3 Å². The van der Waals surface area contributed by atoms with Crippen molar-refractivity contribution >= 4 is 0 Å². The molecule has 114 valence electrons. The maximum Gasteiger partial charge on any atom is 0.134 e. The quantitative estimate of drug-likeness (QED) is 0.764. The molecule has 0 saturated heterocycles. The molecule has 0 saturated carbocycles. The van der Waals surface area contributed by atoms with Crippen LogP contribution in [0.5, 0.6) is 0 Å². The molecule has 2 rings (SSSR count). The summed E-state index contributed by atoms with van der Waals surface area (Å²) in [5.41, 5.74) is 0.497. The van der Waals surface area contributed by atoms with E-state index in [0.717, 1.165) is 0 Å². The fourth-order valence-corrected chi connectivity index (χ4v) is 1.95. The molecule has 3 N–H and O–H groups in total. The Hall–Kier alpha value is -1.69. The van der Waals surface area contributed by atoms with Gasteiger partial charge < -0.3 is 19.9 Å². The molecular formula is C16H20FNO3. The van der Waals surface area contributed by atoms with Gasteiger partial charge in [0.2, 0.25) is 0 Å². The van der Waals surface area contributed by atoms with Gasteiger partial charge in [0.15, 0.2) is 0 Å². The van der Waals surface area contributed by atoms with E-state index in [1.807, 2.05) is 0 Å². The minimum Gasteiger partial charge on any atom is -0.460 e. The number of halogens is 1. The Morgan fingerprint density at radius 2 is 1.90 bits per heavy atom. The molecule has 0 amide bonds. The van der Waals surface area contributed by atoms with Crippen LogP contribution in [0.3, 0.4) is 0 Å². The lowest BCUT2D eigenvalue weighted by molar-refractivity contribution is 0.101. The third-order valence-electron chi connectivity index (χ3n) is 3.58. The second-order valence-corrected chi connectivity index (χ2v) is 5.41. The molecule has 5 heteroatoms. The second-order valence-electron chi connectivity index (χ2n) is 5.41. The van der Waals surface area contributed by atoms with Gasteiger partial charge in [-0.05, 0) is 37.6 Å². The fourth-order valence-electron chi connectivity index (χ4n) is 1.95.